The number of fused-ring (bicyclic) bond motifs is 6. The highest BCUT2D eigenvalue weighted by atomic mass is 16.3. The largest absolute Gasteiger partial charge is 0.455 e. The summed E-state index contributed by atoms with van der Waals surface area (Å²) in [7, 11) is 0. The van der Waals surface area contributed by atoms with Gasteiger partial charge in [0.1, 0.15) is 11.2 Å². The van der Waals surface area contributed by atoms with Crippen LogP contribution in [0, 0.1) is 0 Å². The van der Waals surface area contributed by atoms with E-state index < -0.39 is 0 Å². The molecule has 0 aliphatic carbocycles. The van der Waals surface area contributed by atoms with Crippen molar-refractivity contribution in [2.45, 2.75) is 0 Å². The van der Waals surface area contributed by atoms with Gasteiger partial charge >= 0.3 is 0 Å². The Balaban J connectivity index is 1.61. The van der Waals surface area contributed by atoms with Crippen molar-refractivity contribution in [1.82, 2.24) is 0 Å². The van der Waals surface area contributed by atoms with Gasteiger partial charge in [0.25, 0.3) is 0 Å². The van der Waals surface area contributed by atoms with E-state index in [9.17, 15) is 0 Å². The molecule has 0 N–H and O–H groups in total. The Morgan fingerprint density at radius 3 is 1.88 bits per heavy atom. The smallest absolute Gasteiger partial charge is 0.145 e. The van der Waals surface area contributed by atoms with Crippen molar-refractivity contribution in [3.8, 4) is 11.1 Å². The summed E-state index contributed by atoms with van der Waals surface area (Å²) in [6.07, 6.45) is 0. The molecule has 0 atom stereocenters. The van der Waals surface area contributed by atoms with Crippen molar-refractivity contribution in [2.24, 2.45) is 0 Å². The average Bonchev–Trinajstić information content (AvgIpc) is 3.42. The van der Waals surface area contributed by atoms with Crippen LogP contribution in [0.1, 0.15) is 0 Å². The third kappa shape index (κ3) is 3.50. The van der Waals surface area contributed by atoms with Crippen LogP contribution in [0.3, 0.4) is 0 Å². The minimum atomic E-state index is 0.889. The van der Waals surface area contributed by atoms with Crippen molar-refractivity contribution in [3.63, 3.8) is 0 Å². The zero-order chi connectivity index (χ0) is 26.5. The minimum Gasteiger partial charge on any atom is -0.455 e. The van der Waals surface area contributed by atoms with E-state index in [1.807, 2.05) is 6.07 Å². The molecule has 0 saturated heterocycles. The number of benzene rings is 7. The zero-order valence-electron chi connectivity index (χ0n) is 21.8. The molecule has 40 heavy (non-hydrogen) atoms. The number of anilines is 3. The molecule has 8 aromatic rings. The van der Waals surface area contributed by atoms with Gasteiger partial charge in [0.05, 0.1) is 11.1 Å². The molecule has 0 spiro atoms. The summed E-state index contributed by atoms with van der Waals surface area (Å²) in [5.41, 5.74) is 7.47. The molecule has 8 rings (SSSR count). The Hall–Kier alpha value is -5.34. The van der Waals surface area contributed by atoms with Crippen LogP contribution in [0.25, 0.3) is 54.6 Å². The summed E-state index contributed by atoms with van der Waals surface area (Å²) in [5, 5.41) is 6.93. The first kappa shape index (κ1) is 22.6. The molecule has 1 heterocycles. The van der Waals surface area contributed by atoms with Crippen LogP contribution in [-0.4, -0.2) is 0 Å². The van der Waals surface area contributed by atoms with Gasteiger partial charge in [-0.1, -0.05) is 121 Å². The van der Waals surface area contributed by atoms with Gasteiger partial charge in [0.2, 0.25) is 0 Å². The first-order valence-corrected chi connectivity index (χ1v) is 13.6. The molecule has 0 radical (unpaired) electrons. The maximum absolute atomic E-state index is 6.66. The van der Waals surface area contributed by atoms with Gasteiger partial charge in [-0.05, 0) is 52.1 Å². The van der Waals surface area contributed by atoms with Crippen LogP contribution in [0.5, 0.6) is 0 Å². The van der Waals surface area contributed by atoms with Crippen molar-refractivity contribution in [2.75, 3.05) is 4.90 Å². The summed E-state index contributed by atoms with van der Waals surface area (Å²) < 4.78 is 6.66. The fourth-order valence-electron chi connectivity index (χ4n) is 6.04. The lowest BCUT2D eigenvalue weighted by Crippen LogP contribution is -2.12. The number of hydrogen-bond donors (Lipinski definition) is 0. The van der Waals surface area contributed by atoms with Gasteiger partial charge in [0.15, 0.2) is 0 Å². The second kappa shape index (κ2) is 9.14. The highest BCUT2D eigenvalue weighted by Crippen LogP contribution is 2.52. The lowest BCUT2D eigenvalue weighted by Gasteiger charge is -2.30. The highest BCUT2D eigenvalue weighted by molar-refractivity contribution is 6.27. The van der Waals surface area contributed by atoms with E-state index in [0.29, 0.717) is 0 Å². The Bertz CT molecular complexity index is 2160. The molecule has 188 valence electrons. The van der Waals surface area contributed by atoms with Crippen molar-refractivity contribution in [3.05, 3.63) is 152 Å². The molecular weight excluding hydrogens is 486 g/mol. The zero-order valence-corrected chi connectivity index (χ0v) is 21.8. The van der Waals surface area contributed by atoms with Crippen LogP contribution in [0.4, 0.5) is 17.1 Å². The first-order chi connectivity index (χ1) is 19.9. The fraction of sp³-hybridized carbons (Fsp3) is 0. The molecule has 2 heteroatoms. The molecule has 1 aromatic heterocycles. The van der Waals surface area contributed by atoms with Crippen molar-refractivity contribution < 1.29 is 4.42 Å². The number of furan rings is 1. The standard InChI is InChI=1S/C38H25NO/c1-3-14-27(15-4-1)35-31-19-9-10-20-32(31)38-36(33-21-11-12-22-34(33)40-38)37(35)39(29-17-5-2-6-18-29)30-24-23-26-13-7-8-16-28(26)25-30/h1-25H. The second-order valence-corrected chi connectivity index (χ2v) is 10.1. The molecule has 2 nitrogen and oxygen atoms in total. The molecule has 0 amide bonds. The van der Waals surface area contributed by atoms with E-state index >= 15 is 0 Å². The topological polar surface area (TPSA) is 16.4 Å². The predicted octanol–water partition coefficient (Wildman–Crippen LogP) is 11.0. The Morgan fingerprint density at radius 1 is 0.450 bits per heavy atom. The van der Waals surface area contributed by atoms with Crippen LogP contribution in [0.15, 0.2) is 156 Å². The van der Waals surface area contributed by atoms with E-state index in [-0.39, 0.29) is 0 Å². The lowest BCUT2D eigenvalue weighted by molar-refractivity contribution is 0.672. The summed E-state index contributed by atoms with van der Waals surface area (Å²) in [6, 6.07) is 53.7. The summed E-state index contributed by atoms with van der Waals surface area (Å²) in [5.74, 6) is 0. The first-order valence-electron chi connectivity index (χ1n) is 13.6. The maximum Gasteiger partial charge on any atom is 0.145 e. The number of nitrogens with zero attached hydrogens (tertiary/aromatic N) is 1. The monoisotopic (exact) mass is 511 g/mol. The predicted molar refractivity (Wildman–Crippen MR) is 169 cm³/mol. The summed E-state index contributed by atoms with van der Waals surface area (Å²) in [6.45, 7) is 0. The molecule has 7 aromatic carbocycles. The average molecular weight is 512 g/mol. The third-order valence-corrected chi connectivity index (χ3v) is 7.80. The lowest BCUT2D eigenvalue weighted by atomic mass is 9.91. The van der Waals surface area contributed by atoms with Gasteiger partial charge in [0, 0.05) is 27.7 Å². The minimum absolute atomic E-state index is 0.889. The molecular formula is C38H25NO. The molecule has 0 aliphatic heterocycles. The van der Waals surface area contributed by atoms with E-state index in [1.54, 1.807) is 0 Å². The molecule has 0 bridgehead atoms. The van der Waals surface area contributed by atoms with Gasteiger partial charge < -0.3 is 9.32 Å². The van der Waals surface area contributed by atoms with Crippen molar-refractivity contribution in [1.29, 1.82) is 0 Å². The van der Waals surface area contributed by atoms with Gasteiger partial charge in [-0.3, -0.25) is 0 Å². The van der Waals surface area contributed by atoms with Gasteiger partial charge in [-0.2, -0.15) is 0 Å². The van der Waals surface area contributed by atoms with E-state index in [1.165, 1.54) is 21.9 Å². The Morgan fingerprint density at radius 2 is 1.07 bits per heavy atom. The highest BCUT2D eigenvalue weighted by Gasteiger charge is 2.26. The number of hydrogen-bond acceptors (Lipinski definition) is 2. The van der Waals surface area contributed by atoms with Gasteiger partial charge in [-0.25, -0.2) is 0 Å². The molecule has 0 aliphatic rings. The van der Waals surface area contributed by atoms with Gasteiger partial charge in [-0.15, -0.1) is 0 Å². The molecule has 0 unspecified atom stereocenters. The number of rotatable bonds is 4. The normalized spacial score (nSPS) is 11.5. The second-order valence-electron chi connectivity index (χ2n) is 10.1. The summed E-state index contributed by atoms with van der Waals surface area (Å²) in [4.78, 5) is 2.41. The van der Waals surface area contributed by atoms with Crippen molar-refractivity contribution >= 4 is 60.5 Å². The van der Waals surface area contributed by atoms with E-state index in [2.05, 4.69) is 150 Å². The quantitative estimate of drug-likeness (QED) is 0.234. The molecule has 0 saturated carbocycles. The van der Waals surface area contributed by atoms with E-state index in [0.717, 1.165) is 49.8 Å². The fourth-order valence-corrected chi connectivity index (χ4v) is 6.04. The van der Waals surface area contributed by atoms with Crippen LogP contribution in [0.2, 0.25) is 0 Å². The third-order valence-electron chi connectivity index (χ3n) is 7.80. The van der Waals surface area contributed by atoms with Crippen LogP contribution < -0.4 is 4.90 Å². The SMILES string of the molecule is c1ccc(-c2c(N(c3ccccc3)c3ccc4ccccc4c3)c3c4ccccc4oc3c3ccccc23)cc1. The summed E-state index contributed by atoms with van der Waals surface area (Å²) >= 11 is 0. The Kier molecular flexibility index (Phi) is 5.17. The Labute approximate surface area is 232 Å². The van der Waals surface area contributed by atoms with Crippen LogP contribution in [-0.2, 0) is 0 Å². The van der Waals surface area contributed by atoms with E-state index in [4.69, 9.17) is 4.42 Å². The maximum atomic E-state index is 6.66. The number of para-hydroxylation sites is 2. The van der Waals surface area contributed by atoms with Crippen LogP contribution >= 0.6 is 0 Å². The molecule has 0 fully saturated rings.